The summed E-state index contributed by atoms with van der Waals surface area (Å²) < 4.78 is 34.3. The largest absolute Gasteiger partial charge is 0.472 e. The van der Waals surface area contributed by atoms with Crippen LogP contribution in [-0.2, 0) is 32.7 Å². The van der Waals surface area contributed by atoms with Gasteiger partial charge >= 0.3 is 19.8 Å². The predicted molar refractivity (Wildman–Crippen MR) is 238 cm³/mol. The smallest absolute Gasteiger partial charge is 0.462 e. The van der Waals surface area contributed by atoms with Gasteiger partial charge in [-0.2, -0.15) is 0 Å². The lowest BCUT2D eigenvalue weighted by atomic mass is 10.0. The second-order valence-electron chi connectivity index (χ2n) is 17.9. The molecule has 0 aromatic rings. The van der Waals surface area contributed by atoms with Gasteiger partial charge in [0, 0.05) is 12.8 Å². The maximum atomic E-state index is 12.7. The molecule has 340 valence electrons. The van der Waals surface area contributed by atoms with Crippen LogP contribution < -0.4 is 0 Å². The number of esters is 2. The van der Waals surface area contributed by atoms with Crippen molar-refractivity contribution in [2.75, 3.05) is 47.5 Å². The quantitative estimate of drug-likeness (QED) is 0.0280. The third kappa shape index (κ3) is 44.4. The fraction of sp³-hybridized carbons (Fsp3) is 0.957. The van der Waals surface area contributed by atoms with E-state index in [0.29, 0.717) is 17.4 Å². The Morgan fingerprint density at radius 3 is 1.12 bits per heavy atom. The van der Waals surface area contributed by atoms with Gasteiger partial charge in [0.05, 0.1) is 27.7 Å². The van der Waals surface area contributed by atoms with Crippen molar-refractivity contribution in [1.82, 2.24) is 0 Å². The van der Waals surface area contributed by atoms with Crippen molar-refractivity contribution in [2.45, 2.75) is 245 Å². The van der Waals surface area contributed by atoms with Crippen LogP contribution in [0.15, 0.2) is 0 Å². The number of unbranched alkanes of at least 4 members (excludes halogenated alkanes) is 31. The van der Waals surface area contributed by atoms with Crippen molar-refractivity contribution >= 4 is 19.8 Å². The summed E-state index contributed by atoms with van der Waals surface area (Å²) in [6.45, 7) is 4.46. The SMILES string of the molecule is CCCCCCCCCCCCCCCCCCCCCCCCC(=O)OCC(COP(=O)(O)OCC[N+](C)(C)C)OC(=O)CCCCCCCCCCCCC. The first-order valence-corrected chi connectivity index (χ1v) is 25.8. The van der Waals surface area contributed by atoms with E-state index in [1.807, 2.05) is 21.1 Å². The van der Waals surface area contributed by atoms with E-state index in [-0.39, 0.29) is 25.6 Å². The van der Waals surface area contributed by atoms with E-state index >= 15 is 0 Å². The number of hydrogen-bond donors (Lipinski definition) is 1. The van der Waals surface area contributed by atoms with Crippen LogP contribution in [0.5, 0.6) is 0 Å². The summed E-state index contributed by atoms with van der Waals surface area (Å²) in [4.78, 5) is 35.4. The fourth-order valence-electron chi connectivity index (χ4n) is 7.08. The number of ether oxygens (including phenoxy) is 2. The molecule has 2 unspecified atom stereocenters. The summed E-state index contributed by atoms with van der Waals surface area (Å²) in [5.41, 5.74) is 0. The van der Waals surface area contributed by atoms with Gasteiger partial charge in [0.25, 0.3) is 0 Å². The Hall–Kier alpha value is -0.990. The van der Waals surface area contributed by atoms with Gasteiger partial charge in [-0.1, -0.05) is 213 Å². The molecule has 0 rings (SSSR count). The van der Waals surface area contributed by atoms with E-state index in [2.05, 4.69) is 13.8 Å². The lowest BCUT2D eigenvalue weighted by molar-refractivity contribution is -0.870. The molecule has 0 aromatic carbocycles. The van der Waals surface area contributed by atoms with Crippen LogP contribution in [0.1, 0.15) is 239 Å². The number of nitrogens with zero attached hydrogens (tertiary/aromatic N) is 1. The Bertz CT molecular complexity index is 943. The lowest BCUT2D eigenvalue weighted by Crippen LogP contribution is -2.37. The van der Waals surface area contributed by atoms with Crippen molar-refractivity contribution in [3.8, 4) is 0 Å². The van der Waals surface area contributed by atoms with Crippen molar-refractivity contribution in [3.05, 3.63) is 0 Å². The predicted octanol–water partition coefficient (Wildman–Crippen LogP) is 14.0. The van der Waals surface area contributed by atoms with E-state index in [1.54, 1.807) is 0 Å². The van der Waals surface area contributed by atoms with Crippen LogP contribution >= 0.6 is 7.82 Å². The van der Waals surface area contributed by atoms with Crippen LogP contribution in [0.4, 0.5) is 0 Å². The first-order chi connectivity index (χ1) is 27.5. The van der Waals surface area contributed by atoms with Crippen molar-refractivity contribution < 1.29 is 42.1 Å². The van der Waals surface area contributed by atoms with Crippen molar-refractivity contribution in [2.24, 2.45) is 0 Å². The number of carbonyl (C=O) groups excluding carboxylic acids is 2. The van der Waals surface area contributed by atoms with Gasteiger partial charge in [0.2, 0.25) is 0 Å². The minimum absolute atomic E-state index is 0.0368. The minimum Gasteiger partial charge on any atom is -0.462 e. The lowest BCUT2D eigenvalue weighted by Gasteiger charge is -2.24. The molecule has 0 aliphatic rings. The molecule has 1 N–H and O–H groups in total. The van der Waals surface area contributed by atoms with Gasteiger partial charge in [0.15, 0.2) is 6.10 Å². The number of quaternary nitrogens is 1. The highest BCUT2D eigenvalue weighted by Crippen LogP contribution is 2.43. The molecule has 0 amide bonds. The highest BCUT2D eigenvalue weighted by atomic mass is 31.2. The van der Waals surface area contributed by atoms with Crippen LogP contribution in [0.2, 0.25) is 0 Å². The van der Waals surface area contributed by atoms with Crippen LogP contribution in [0.25, 0.3) is 0 Å². The molecule has 10 heteroatoms. The molecule has 0 heterocycles. The standard InChI is InChI=1S/C47H94NO8P/c1-6-8-10-12-14-16-18-19-20-21-22-23-24-25-26-27-28-30-31-33-35-37-39-46(49)53-43-45(44-55-57(51,52)54-42-41-48(3,4)5)56-47(50)40-38-36-34-32-29-17-15-13-11-9-7-2/h45H,6-44H2,1-5H3/p+1. The molecule has 0 aromatic heterocycles. The van der Waals surface area contributed by atoms with Gasteiger partial charge in [0.1, 0.15) is 19.8 Å². The van der Waals surface area contributed by atoms with Crippen molar-refractivity contribution in [1.29, 1.82) is 0 Å². The molecule has 0 aliphatic heterocycles. The highest BCUT2D eigenvalue weighted by molar-refractivity contribution is 7.47. The minimum atomic E-state index is -4.37. The van der Waals surface area contributed by atoms with Gasteiger partial charge < -0.3 is 18.9 Å². The third-order valence-electron chi connectivity index (χ3n) is 10.9. The number of phosphoric acid groups is 1. The summed E-state index contributed by atoms with van der Waals surface area (Å²) in [6.07, 6.45) is 41.6. The fourth-order valence-corrected chi connectivity index (χ4v) is 7.82. The zero-order valence-corrected chi connectivity index (χ0v) is 39.2. The Kier molecular flexibility index (Phi) is 39.7. The van der Waals surface area contributed by atoms with Gasteiger partial charge in [-0.15, -0.1) is 0 Å². The number of carbonyl (C=O) groups is 2. The third-order valence-corrected chi connectivity index (χ3v) is 11.9. The molecule has 0 aliphatic carbocycles. The van der Waals surface area contributed by atoms with Gasteiger partial charge in [-0.05, 0) is 12.8 Å². The van der Waals surface area contributed by atoms with Crippen LogP contribution in [0, 0.1) is 0 Å². The zero-order chi connectivity index (χ0) is 42.1. The second-order valence-corrected chi connectivity index (χ2v) is 19.3. The highest BCUT2D eigenvalue weighted by Gasteiger charge is 2.27. The Labute approximate surface area is 353 Å². The molecule has 57 heavy (non-hydrogen) atoms. The molecule has 0 radical (unpaired) electrons. The average molecular weight is 833 g/mol. The molecular weight excluding hydrogens is 737 g/mol. The molecule has 2 atom stereocenters. The van der Waals surface area contributed by atoms with Gasteiger partial charge in [-0.3, -0.25) is 18.6 Å². The molecule has 0 spiro atoms. The molecule has 0 saturated carbocycles. The first-order valence-electron chi connectivity index (χ1n) is 24.3. The number of likely N-dealkylation sites (N-methyl/N-ethyl adjacent to an activating group) is 1. The molecule has 0 bridgehead atoms. The molecular formula is C47H95NO8P+. The Morgan fingerprint density at radius 2 is 0.789 bits per heavy atom. The molecule has 9 nitrogen and oxygen atoms in total. The normalized spacial score (nSPS) is 13.4. The summed E-state index contributed by atoms with van der Waals surface area (Å²) in [7, 11) is 1.49. The second kappa shape index (κ2) is 40.4. The number of hydrogen-bond acceptors (Lipinski definition) is 7. The number of phosphoric ester groups is 1. The maximum Gasteiger partial charge on any atom is 0.472 e. The summed E-state index contributed by atoms with van der Waals surface area (Å²) in [6, 6.07) is 0. The van der Waals surface area contributed by atoms with Crippen LogP contribution in [0.3, 0.4) is 0 Å². The van der Waals surface area contributed by atoms with E-state index in [4.69, 9.17) is 18.5 Å². The molecule has 0 fully saturated rings. The maximum absolute atomic E-state index is 12.7. The van der Waals surface area contributed by atoms with E-state index in [9.17, 15) is 19.0 Å². The monoisotopic (exact) mass is 833 g/mol. The van der Waals surface area contributed by atoms with E-state index < -0.39 is 26.5 Å². The first kappa shape index (κ1) is 56.0. The topological polar surface area (TPSA) is 108 Å². The van der Waals surface area contributed by atoms with Gasteiger partial charge in [-0.25, -0.2) is 4.57 Å². The summed E-state index contributed by atoms with van der Waals surface area (Å²) in [5.74, 6) is -0.783. The summed E-state index contributed by atoms with van der Waals surface area (Å²) >= 11 is 0. The molecule has 0 saturated heterocycles. The van der Waals surface area contributed by atoms with E-state index in [0.717, 1.165) is 38.5 Å². The zero-order valence-electron chi connectivity index (χ0n) is 38.4. The van der Waals surface area contributed by atoms with Crippen molar-refractivity contribution in [3.63, 3.8) is 0 Å². The van der Waals surface area contributed by atoms with E-state index in [1.165, 1.54) is 173 Å². The Balaban J connectivity index is 4.13. The summed E-state index contributed by atoms with van der Waals surface area (Å²) in [5, 5.41) is 0. The number of rotatable bonds is 45. The Morgan fingerprint density at radius 1 is 0.474 bits per heavy atom. The average Bonchev–Trinajstić information content (AvgIpc) is 3.16. The van der Waals surface area contributed by atoms with Crippen LogP contribution in [-0.4, -0.2) is 74.9 Å².